The van der Waals surface area contributed by atoms with Crippen molar-refractivity contribution in [2.45, 2.75) is 58.6 Å². The molecular weight excluding hydrogens is 236 g/mol. The lowest BCUT2D eigenvalue weighted by molar-refractivity contribution is 0.277. The van der Waals surface area contributed by atoms with Gasteiger partial charge >= 0.3 is 0 Å². The van der Waals surface area contributed by atoms with Crippen molar-refractivity contribution in [1.29, 1.82) is 0 Å². The molecular formula is C16H26N2O. The summed E-state index contributed by atoms with van der Waals surface area (Å²) in [6, 6.07) is 6.61. The van der Waals surface area contributed by atoms with Gasteiger partial charge in [0.1, 0.15) is 5.82 Å². The molecule has 1 aromatic rings. The van der Waals surface area contributed by atoms with Crippen LogP contribution in [0.1, 0.15) is 51.6 Å². The van der Waals surface area contributed by atoms with E-state index < -0.39 is 0 Å². The Morgan fingerprint density at radius 1 is 1.32 bits per heavy atom. The molecule has 0 aromatic carbocycles. The number of hydrogen-bond donors (Lipinski definition) is 1. The van der Waals surface area contributed by atoms with Crippen molar-refractivity contribution < 1.29 is 5.11 Å². The maximum atomic E-state index is 9.25. The second kappa shape index (κ2) is 6.90. The molecule has 1 aromatic heterocycles. The molecule has 0 bridgehead atoms. The fourth-order valence-corrected chi connectivity index (χ4v) is 2.81. The van der Waals surface area contributed by atoms with Crippen LogP contribution in [-0.4, -0.2) is 22.7 Å². The molecule has 19 heavy (non-hydrogen) atoms. The van der Waals surface area contributed by atoms with Crippen LogP contribution >= 0.6 is 0 Å². The highest BCUT2D eigenvalue weighted by Crippen LogP contribution is 2.28. The standard InChI is InChI=1S/C16H26N2O/c1-13(2)10-11-18(15-7-3-4-8-15)16-9-5-6-14(12-19)17-16/h5-6,9,13,15,19H,3-4,7-8,10-12H2,1-2H3. The maximum Gasteiger partial charge on any atom is 0.129 e. The third kappa shape index (κ3) is 3.93. The Morgan fingerprint density at radius 3 is 2.68 bits per heavy atom. The van der Waals surface area contributed by atoms with E-state index in [1.54, 1.807) is 0 Å². The third-order valence-electron chi connectivity index (χ3n) is 3.96. The van der Waals surface area contributed by atoms with Gasteiger partial charge in [-0.25, -0.2) is 4.98 Å². The van der Waals surface area contributed by atoms with Crippen LogP contribution in [0.25, 0.3) is 0 Å². The molecule has 1 aliphatic carbocycles. The summed E-state index contributed by atoms with van der Waals surface area (Å²) in [6.07, 6.45) is 6.43. The first-order valence-corrected chi connectivity index (χ1v) is 7.54. The Labute approximate surface area is 116 Å². The molecule has 3 nitrogen and oxygen atoms in total. The van der Waals surface area contributed by atoms with E-state index in [1.165, 1.54) is 32.1 Å². The summed E-state index contributed by atoms with van der Waals surface area (Å²) in [6.45, 7) is 5.63. The molecule has 106 valence electrons. The van der Waals surface area contributed by atoms with Crippen molar-refractivity contribution in [3.05, 3.63) is 23.9 Å². The molecule has 1 N–H and O–H groups in total. The molecule has 0 atom stereocenters. The van der Waals surface area contributed by atoms with Crippen molar-refractivity contribution in [3.63, 3.8) is 0 Å². The highest BCUT2D eigenvalue weighted by Gasteiger charge is 2.23. The molecule has 1 aliphatic rings. The summed E-state index contributed by atoms with van der Waals surface area (Å²) in [4.78, 5) is 7.05. The SMILES string of the molecule is CC(C)CCN(c1cccc(CO)n1)C1CCCC1. The molecule has 1 fully saturated rings. The molecule has 0 aliphatic heterocycles. The smallest absolute Gasteiger partial charge is 0.129 e. The second-order valence-corrected chi connectivity index (χ2v) is 5.96. The molecule has 1 saturated carbocycles. The average molecular weight is 262 g/mol. The van der Waals surface area contributed by atoms with Gasteiger partial charge in [-0.15, -0.1) is 0 Å². The molecule has 0 saturated heterocycles. The number of aromatic nitrogens is 1. The Kier molecular flexibility index (Phi) is 5.20. The van der Waals surface area contributed by atoms with Gasteiger partial charge in [0.05, 0.1) is 12.3 Å². The van der Waals surface area contributed by atoms with Crippen LogP contribution in [0.4, 0.5) is 5.82 Å². The number of aliphatic hydroxyl groups is 1. The van der Waals surface area contributed by atoms with E-state index in [4.69, 9.17) is 0 Å². The summed E-state index contributed by atoms with van der Waals surface area (Å²) in [5.74, 6) is 1.75. The first-order chi connectivity index (χ1) is 9.20. The van der Waals surface area contributed by atoms with E-state index in [0.29, 0.717) is 12.0 Å². The summed E-state index contributed by atoms with van der Waals surface area (Å²) >= 11 is 0. The van der Waals surface area contributed by atoms with E-state index in [2.05, 4.69) is 29.8 Å². The van der Waals surface area contributed by atoms with Crippen LogP contribution < -0.4 is 4.90 Å². The topological polar surface area (TPSA) is 36.4 Å². The van der Waals surface area contributed by atoms with E-state index in [-0.39, 0.29) is 6.61 Å². The fraction of sp³-hybridized carbons (Fsp3) is 0.688. The number of nitrogens with zero attached hydrogens (tertiary/aromatic N) is 2. The molecule has 0 amide bonds. The Balaban J connectivity index is 2.14. The normalized spacial score (nSPS) is 16.2. The van der Waals surface area contributed by atoms with Gasteiger partial charge in [-0.2, -0.15) is 0 Å². The minimum Gasteiger partial charge on any atom is -0.390 e. The lowest BCUT2D eigenvalue weighted by Crippen LogP contribution is -2.35. The first-order valence-electron chi connectivity index (χ1n) is 7.54. The van der Waals surface area contributed by atoms with Crippen molar-refractivity contribution >= 4 is 5.82 Å². The number of rotatable bonds is 6. The van der Waals surface area contributed by atoms with Crippen LogP contribution in [0.2, 0.25) is 0 Å². The zero-order chi connectivity index (χ0) is 13.7. The second-order valence-electron chi connectivity index (χ2n) is 5.96. The lowest BCUT2D eigenvalue weighted by atomic mass is 10.1. The van der Waals surface area contributed by atoms with Crippen LogP contribution in [0.15, 0.2) is 18.2 Å². The number of hydrogen-bond acceptors (Lipinski definition) is 3. The molecule has 0 spiro atoms. The predicted molar refractivity (Wildman–Crippen MR) is 79.2 cm³/mol. The zero-order valence-corrected chi connectivity index (χ0v) is 12.2. The highest BCUT2D eigenvalue weighted by atomic mass is 16.3. The number of anilines is 1. The van der Waals surface area contributed by atoms with E-state index in [0.717, 1.165) is 18.1 Å². The van der Waals surface area contributed by atoms with Gasteiger partial charge in [-0.1, -0.05) is 32.8 Å². The summed E-state index contributed by atoms with van der Waals surface area (Å²) in [7, 11) is 0. The largest absolute Gasteiger partial charge is 0.390 e. The number of pyridine rings is 1. The summed E-state index contributed by atoms with van der Waals surface area (Å²) < 4.78 is 0. The van der Waals surface area contributed by atoms with Crippen LogP contribution in [0.5, 0.6) is 0 Å². The molecule has 1 heterocycles. The van der Waals surface area contributed by atoms with Crippen molar-refractivity contribution in [2.75, 3.05) is 11.4 Å². The minimum atomic E-state index is 0.0243. The van der Waals surface area contributed by atoms with Gasteiger partial charge in [0.15, 0.2) is 0 Å². The fourth-order valence-electron chi connectivity index (χ4n) is 2.81. The van der Waals surface area contributed by atoms with Gasteiger partial charge in [0.2, 0.25) is 0 Å². The van der Waals surface area contributed by atoms with Crippen molar-refractivity contribution in [2.24, 2.45) is 5.92 Å². The lowest BCUT2D eigenvalue weighted by Gasteiger charge is -2.31. The van der Waals surface area contributed by atoms with E-state index in [1.807, 2.05) is 12.1 Å². The third-order valence-corrected chi connectivity index (χ3v) is 3.96. The molecule has 0 unspecified atom stereocenters. The van der Waals surface area contributed by atoms with E-state index >= 15 is 0 Å². The van der Waals surface area contributed by atoms with Gasteiger partial charge in [-0.3, -0.25) is 0 Å². The monoisotopic (exact) mass is 262 g/mol. The summed E-state index contributed by atoms with van der Waals surface area (Å²) in [5, 5.41) is 9.25. The van der Waals surface area contributed by atoms with Crippen LogP contribution in [-0.2, 0) is 6.61 Å². The molecule has 3 heteroatoms. The Bertz CT molecular complexity index is 386. The molecule has 0 radical (unpaired) electrons. The Morgan fingerprint density at radius 2 is 2.05 bits per heavy atom. The quantitative estimate of drug-likeness (QED) is 0.854. The van der Waals surface area contributed by atoms with Gasteiger partial charge < -0.3 is 10.0 Å². The van der Waals surface area contributed by atoms with Crippen LogP contribution in [0.3, 0.4) is 0 Å². The highest BCUT2D eigenvalue weighted by molar-refractivity contribution is 5.40. The Hall–Kier alpha value is -1.09. The van der Waals surface area contributed by atoms with Crippen molar-refractivity contribution in [1.82, 2.24) is 4.98 Å². The van der Waals surface area contributed by atoms with Crippen LogP contribution in [0, 0.1) is 5.92 Å². The average Bonchev–Trinajstić information content (AvgIpc) is 2.93. The maximum absolute atomic E-state index is 9.25. The van der Waals surface area contributed by atoms with Gasteiger partial charge in [0.25, 0.3) is 0 Å². The predicted octanol–water partition coefficient (Wildman–Crippen LogP) is 3.37. The minimum absolute atomic E-state index is 0.0243. The zero-order valence-electron chi connectivity index (χ0n) is 12.2. The first kappa shape index (κ1) is 14.3. The summed E-state index contributed by atoms with van der Waals surface area (Å²) in [5.41, 5.74) is 0.769. The van der Waals surface area contributed by atoms with E-state index in [9.17, 15) is 5.11 Å². The van der Waals surface area contributed by atoms with Gasteiger partial charge in [-0.05, 0) is 37.3 Å². The van der Waals surface area contributed by atoms with Gasteiger partial charge in [0, 0.05) is 12.6 Å². The molecule has 2 rings (SSSR count). The van der Waals surface area contributed by atoms with Crippen molar-refractivity contribution in [3.8, 4) is 0 Å². The number of aliphatic hydroxyl groups excluding tert-OH is 1.